The number of hydrogen-bond donors (Lipinski definition) is 1. The average Bonchev–Trinajstić information content (AvgIpc) is 2.29. The van der Waals surface area contributed by atoms with E-state index in [1.807, 2.05) is 31.3 Å². The molecule has 0 bridgehead atoms. The van der Waals surface area contributed by atoms with Gasteiger partial charge in [0.25, 0.3) is 0 Å². The first-order valence-electron chi connectivity index (χ1n) is 5.53. The fraction of sp³-hybridized carbons (Fsp3) is 0.308. The number of benzene rings is 1. The van der Waals surface area contributed by atoms with Crippen molar-refractivity contribution in [2.45, 2.75) is 19.9 Å². The number of rotatable bonds is 3. The van der Waals surface area contributed by atoms with E-state index in [1.54, 1.807) is 6.07 Å². The van der Waals surface area contributed by atoms with Crippen molar-refractivity contribution in [1.29, 1.82) is 0 Å². The molecule has 0 amide bonds. The number of nitrogens with zero attached hydrogens (tertiary/aromatic N) is 1. The van der Waals surface area contributed by atoms with Crippen LogP contribution in [0.3, 0.4) is 0 Å². The van der Waals surface area contributed by atoms with Gasteiger partial charge in [0.1, 0.15) is 0 Å². The van der Waals surface area contributed by atoms with Crippen molar-refractivity contribution >= 4 is 10.9 Å². The van der Waals surface area contributed by atoms with Crippen LogP contribution in [-0.4, -0.2) is 11.1 Å². The Hall–Kier alpha value is -1.61. The van der Waals surface area contributed by atoms with Gasteiger partial charge in [-0.2, -0.15) is 0 Å². The highest BCUT2D eigenvalue weighted by Gasteiger charge is 2.04. The number of hydrogen-bond acceptors (Lipinski definition) is 2. The van der Waals surface area contributed by atoms with Crippen molar-refractivity contribution in [2.75, 3.05) is 6.54 Å². The molecule has 0 aliphatic carbocycles. The van der Waals surface area contributed by atoms with Gasteiger partial charge >= 0.3 is 0 Å². The maximum atomic E-state index is 11.7. The summed E-state index contributed by atoms with van der Waals surface area (Å²) in [4.78, 5) is 11.7. The standard InChI is InChI=1S/C13H16N2O/c1-10-4-2-5-11-12(16)6-9-15(13(10)11)8-3-7-14/h2,4-6,9H,3,7-8,14H2,1H3. The van der Waals surface area contributed by atoms with Crippen LogP contribution in [0.4, 0.5) is 0 Å². The lowest BCUT2D eigenvalue weighted by atomic mass is 10.1. The van der Waals surface area contributed by atoms with Crippen LogP contribution < -0.4 is 11.2 Å². The topological polar surface area (TPSA) is 48.0 Å². The highest BCUT2D eigenvalue weighted by molar-refractivity contribution is 5.81. The Bertz CT molecular complexity index is 557. The third-order valence-corrected chi connectivity index (χ3v) is 2.80. The van der Waals surface area contributed by atoms with Crippen molar-refractivity contribution in [2.24, 2.45) is 5.73 Å². The second kappa shape index (κ2) is 4.49. The Morgan fingerprint density at radius 2 is 2.12 bits per heavy atom. The molecule has 0 radical (unpaired) electrons. The maximum Gasteiger partial charge on any atom is 0.189 e. The first-order chi connectivity index (χ1) is 7.74. The van der Waals surface area contributed by atoms with Crippen LogP contribution in [0.15, 0.2) is 35.3 Å². The molecule has 3 nitrogen and oxygen atoms in total. The predicted molar refractivity (Wildman–Crippen MR) is 66.6 cm³/mol. The smallest absolute Gasteiger partial charge is 0.189 e. The Morgan fingerprint density at radius 3 is 2.88 bits per heavy atom. The first-order valence-corrected chi connectivity index (χ1v) is 5.53. The third-order valence-electron chi connectivity index (χ3n) is 2.80. The molecule has 3 heteroatoms. The zero-order valence-corrected chi connectivity index (χ0v) is 9.44. The van der Waals surface area contributed by atoms with Gasteiger partial charge < -0.3 is 10.3 Å². The molecular weight excluding hydrogens is 200 g/mol. The average molecular weight is 216 g/mol. The second-order valence-corrected chi connectivity index (χ2v) is 3.99. The van der Waals surface area contributed by atoms with Gasteiger partial charge in [0.2, 0.25) is 0 Å². The van der Waals surface area contributed by atoms with Crippen LogP contribution >= 0.6 is 0 Å². The van der Waals surface area contributed by atoms with Gasteiger partial charge in [-0.3, -0.25) is 4.79 Å². The number of para-hydroxylation sites is 1. The summed E-state index contributed by atoms with van der Waals surface area (Å²) in [6, 6.07) is 7.45. The number of aryl methyl sites for hydroxylation is 2. The van der Waals surface area contributed by atoms with E-state index in [0.717, 1.165) is 29.4 Å². The molecule has 0 saturated carbocycles. The van der Waals surface area contributed by atoms with Crippen LogP contribution in [0.1, 0.15) is 12.0 Å². The summed E-state index contributed by atoms with van der Waals surface area (Å²) < 4.78 is 2.11. The van der Waals surface area contributed by atoms with Crippen LogP contribution in [0.2, 0.25) is 0 Å². The summed E-state index contributed by atoms with van der Waals surface area (Å²) in [5.74, 6) is 0. The molecular formula is C13H16N2O. The van der Waals surface area contributed by atoms with E-state index < -0.39 is 0 Å². The zero-order valence-electron chi connectivity index (χ0n) is 9.44. The SMILES string of the molecule is Cc1cccc2c(=O)ccn(CCCN)c12. The lowest BCUT2D eigenvalue weighted by Crippen LogP contribution is -2.11. The van der Waals surface area contributed by atoms with Gasteiger partial charge in [-0.1, -0.05) is 12.1 Å². The van der Waals surface area contributed by atoms with E-state index in [1.165, 1.54) is 0 Å². The molecule has 0 fully saturated rings. The van der Waals surface area contributed by atoms with Crippen LogP contribution in [0.5, 0.6) is 0 Å². The zero-order chi connectivity index (χ0) is 11.5. The summed E-state index contributed by atoms with van der Waals surface area (Å²) in [5.41, 5.74) is 7.76. The molecule has 2 aromatic rings. The van der Waals surface area contributed by atoms with E-state index in [0.29, 0.717) is 6.54 Å². The molecule has 2 N–H and O–H groups in total. The van der Waals surface area contributed by atoms with Gasteiger partial charge in [0, 0.05) is 24.2 Å². The minimum atomic E-state index is 0.0858. The minimum Gasteiger partial charge on any atom is -0.347 e. The van der Waals surface area contributed by atoms with Gasteiger partial charge in [-0.25, -0.2) is 0 Å². The lowest BCUT2D eigenvalue weighted by molar-refractivity contribution is 0.665. The molecule has 0 atom stereocenters. The van der Waals surface area contributed by atoms with Crippen LogP contribution in [0, 0.1) is 6.92 Å². The predicted octanol–water partition coefficient (Wildman–Crippen LogP) is 1.66. The Kier molecular flexibility index (Phi) is 3.06. The Morgan fingerprint density at radius 1 is 1.31 bits per heavy atom. The summed E-state index contributed by atoms with van der Waals surface area (Å²) >= 11 is 0. The number of fused-ring (bicyclic) bond motifs is 1. The van der Waals surface area contributed by atoms with Gasteiger partial charge in [-0.15, -0.1) is 0 Å². The van der Waals surface area contributed by atoms with Gasteiger partial charge in [0.15, 0.2) is 5.43 Å². The molecule has 0 aliphatic rings. The molecule has 1 aromatic carbocycles. The number of nitrogens with two attached hydrogens (primary N) is 1. The first kappa shape index (κ1) is 10.9. The number of aromatic nitrogens is 1. The normalized spacial score (nSPS) is 10.9. The molecule has 0 spiro atoms. The molecule has 1 aromatic heterocycles. The van der Waals surface area contributed by atoms with E-state index in [-0.39, 0.29) is 5.43 Å². The van der Waals surface area contributed by atoms with E-state index in [9.17, 15) is 4.79 Å². The molecule has 1 heterocycles. The van der Waals surface area contributed by atoms with E-state index in [4.69, 9.17) is 5.73 Å². The van der Waals surface area contributed by atoms with Gasteiger partial charge in [0.05, 0.1) is 5.52 Å². The molecule has 0 saturated heterocycles. The Balaban J connectivity index is 2.66. The van der Waals surface area contributed by atoms with E-state index in [2.05, 4.69) is 4.57 Å². The largest absolute Gasteiger partial charge is 0.347 e. The molecule has 2 rings (SSSR count). The maximum absolute atomic E-state index is 11.7. The van der Waals surface area contributed by atoms with Crippen molar-refractivity contribution in [3.05, 3.63) is 46.2 Å². The van der Waals surface area contributed by atoms with Crippen molar-refractivity contribution < 1.29 is 0 Å². The fourth-order valence-corrected chi connectivity index (χ4v) is 2.01. The quantitative estimate of drug-likeness (QED) is 0.848. The van der Waals surface area contributed by atoms with Crippen LogP contribution in [0.25, 0.3) is 10.9 Å². The Labute approximate surface area is 94.5 Å². The van der Waals surface area contributed by atoms with Crippen LogP contribution in [-0.2, 0) is 6.54 Å². The molecule has 0 aliphatic heterocycles. The summed E-state index contributed by atoms with van der Waals surface area (Å²) in [6.45, 7) is 3.55. The highest BCUT2D eigenvalue weighted by Crippen LogP contribution is 2.15. The third kappa shape index (κ3) is 1.86. The van der Waals surface area contributed by atoms with Crippen molar-refractivity contribution in [1.82, 2.24) is 4.57 Å². The molecule has 0 unspecified atom stereocenters. The van der Waals surface area contributed by atoms with Crippen molar-refractivity contribution in [3.8, 4) is 0 Å². The van der Waals surface area contributed by atoms with E-state index >= 15 is 0 Å². The minimum absolute atomic E-state index is 0.0858. The van der Waals surface area contributed by atoms with Crippen molar-refractivity contribution in [3.63, 3.8) is 0 Å². The second-order valence-electron chi connectivity index (χ2n) is 3.99. The molecule has 16 heavy (non-hydrogen) atoms. The lowest BCUT2D eigenvalue weighted by Gasteiger charge is -2.11. The highest BCUT2D eigenvalue weighted by atomic mass is 16.1. The summed E-state index contributed by atoms with van der Waals surface area (Å²) in [5, 5.41) is 0.791. The number of pyridine rings is 1. The fourth-order valence-electron chi connectivity index (χ4n) is 2.01. The monoisotopic (exact) mass is 216 g/mol. The molecule has 84 valence electrons. The van der Waals surface area contributed by atoms with Gasteiger partial charge in [-0.05, 0) is 31.5 Å². The summed E-state index contributed by atoms with van der Waals surface area (Å²) in [7, 11) is 0. The summed E-state index contributed by atoms with van der Waals surface area (Å²) in [6.07, 6.45) is 2.78.